The summed E-state index contributed by atoms with van der Waals surface area (Å²) in [5, 5.41) is 12.1. The lowest BCUT2D eigenvalue weighted by molar-refractivity contribution is -0.114. The Balaban J connectivity index is 1.50. The van der Waals surface area contributed by atoms with Crippen molar-refractivity contribution in [3.8, 4) is 11.8 Å². The smallest absolute Gasteiger partial charge is 0.156 e. The Hall–Kier alpha value is -2.11. The van der Waals surface area contributed by atoms with Gasteiger partial charge in [0.2, 0.25) is 0 Å². The maximum Gasteiger partial charge on any atom is 0.156 e. The molecule has 5 atom stereocenters. The zero-order valence-electron chi connectivity index (χ0n) is 21.9. The van der Waals surface area contributed by atoms with Gasteiger partial charge in [-0.3, -0.25) is 4.79 Å². The fraction of sp³-hybridized carbons (Fsp3) is 0.606. The monoisotopic (exact) mass is 468 g/mol. The van der Waals surface area contributed by atoms with Gasteiger partial charge < -0.3 is 5.11 Å². The molecule has 2 nitrogen and oxygen atoms in total. The molecule has 0 saturated heterocycles. The minimum absolute atomic E-state index is 0.122. The standard InChI is InChI=1S/C33H40O2/c1-31(2,3)16-17-33(35)15-14-29-27-12-10-24-19-25(34)11-13-26(24)30(27)28(20-32(29,33)4)23-7-5-6-22(18-23)21-8-9-21/h5-7,18-19,21,27-29,35H,8-15,20H2,1-4H3/t27-,28+,29-,32-,33+/m0/s1. The van der Waals surface area contributed by atoms with Crippen LogP contribution in [-0.2, 0) is 4.79 Å². The van der Waals surface area contributed by atoms with Crippen molar-refractivity contribution in [2.24, 2.45) is 22.7 Å². The van der Waals surface area contributed by atoms with E-state index in [9.17, 15) is 9.90 Å². The molecule has 1 N–H and O–H groups in total. The molecule has 1 aromatic carbocycles. The largest absolute Gasteiger partial charge is 0.377 e. The number of benzene rings is 1. The summed E-state index contributed by atoms with van der Waals surface area (Å²) in [6, 6.07) is 9.35. The molecule has 0 heterocycles. The van der Waals surface area contributed by atoms with Crippen LogP contribution in [0.5, 0.6) is 0 Å². The van der Waals surface area contributed by atoms with Gasteiger partial charge in [-0.25, -0.2) is 0 Å². The lowest BCUT2D eigenvalue weighted by atomic mass is 9.51. The van der Waals surface area contributed by atoms with Crippen molar-refractivity contribution < 1.29 is 9.90 Å². The third-order valence-corrected chi connectivity index (χ3v) is 9.89. The number of fused-ring (bicyclic) bond motifs is 4. The van der Waals surface area contributed by atoms with Crippen molar-refractivity contribution in [1.29, 1.82) is 0 Å². The van der Waals surface area contributed by atoms with Gasteiger partial charge in [-0.1, -0.05) is 48.6 Å². The molecule has 6 rings (SSSR count). The van der Waals surface area contributed by atoms with Gasteiger partial charge in [0, 0.05) is 23.2 Å². The number of hydrogen-bond donors (Lipinski definition) is 1. The highest BCUT2D eigenvalue weighted by Crippen LogP contribution is 2.66. The first-order chi connectivity index (χ1) is 16.6. The minimum atomic E-state index is -0.938. The molecule has 2 heteroatoms. The molecule has 0 radical (unpaired) electrons. The van der Waals surface area contributed by atoms with Gasteiger partial charge in [0.15, 0.2) is 5.78 Å². The topological polar surface area (TPSA) is 37.3 Å². The molecule has 0 bridgehead atoms. The van der Waals surface area contributed by atoms with Crippen LogP contribution in [0.1, 0.15) is 108 Å². The van der Waals surface area contributed by atoms with E-state index in [2.05, 4.69) is 63.8 Å². The molecule has 0 aromatic heterocycles. The minimum Gasteiger partial charge on any atom is -0.377 e. The van der Waals surface area contributed by atoms with Crippen LogP contribution in [0.25, 0.3) is 0 Å². The van der Waals surface area contributed by atoms with Crippen LogP contribution in [0, 0.1) is 34.5 Å². The predicted molar refractivity (Wildman–Crippen MR) is 141 cm³/mol. The van der Waals surface area contributed by atoms with E-state index < -0.39 is 5.60 Å². The Labute approximate surface area is 211 Å². The maximum absolute atomic E-state index is 12.3. The molecule has 184 valence electrons. The number of carbonyl (C=O) groups excluding carboxylic acids is 1. The summed E-state index contributed by atoms with van der Waals surface area (Å²) in [4.78, 5) is 12.3. The van der Waals surface area contributed by atoms with E-state index in [-0.39, 0.29) is 10.8 Å². The second-order valence-corrected chi connectivity index (χ2v) is 13.3. The van der Waals surface area contributed by atoms with Crippen LogP contribution in [0.15, 0.2) is 47.1 Å². The second-order valence-electron chi connectivity index (χ2n) is 13.3. The third-order valence-electron chi connectivity index (χ3n) is 9.89. The first-order valence-corrected chi connectivity index (χ1v) is 13.9. The Morgan fingerprint density at radius 3 is 2.54 bits per heavy atom. The van der Waals surface area contributed by atoms with E-state index in [0.29, 0.717) is 30.0 Å². The number of hydrogen-bond acceptors (Lipinski definition) is 2. The molecule has 35 heavy (non-hydrogen) atoms. The molecular formula is C33H40O2. The van der Waals surface area contributed by atoms with Crippen molar-refractivity contribution in [1.82, 2.24) is 0 Å². The van der Waals surface area contributed by atoms with Crippen LogP contribution in [0.3, 0.4) is 0 Å². The van der Waals surface area contributed by atoms with Crippen LogP contribution in [-0.4, -0.2) is 16.5 Å². The van der Waals surface area contributed by atoms with E-state index in [4.69, 9.17) is 0 Å². The van der Waals surface area contributed by atoms with Gasteiger partial charge in [-0.2, -0.15) is 0 Å². The molecule has 0 unspecified atom stereocenters. The van der Waals surface area contributed by atoms with Gasteiger partial charge in [0.25, 0.3) is 0 Å². The number of carbonyl (C=O) groups is 1. The zero-order valence-corrected chi connectivity index (χ0v) is 21.9. The summed E-state index contributed by atoms with van der Waals surface area (Å²) in [5.41, 5.74) is 6.01. The van der Waals surface area contributed by atoms with E-state index in [1.54, 1.807) is 5.57 Å². The second kappa shape index (κ2) is 7.94. The first-order valence-electron chi connectivity index (χ1n) is 13.9. The van der Waals surface area contributed by atoms with E-state index in [1.165, 1.54) is 35.1 Å². The third kappa shape index (κ3) is 3.86. The normalized spacial score (nSPS) is 36.5. The highest BCUT2D eigenvalue weighted by atomic mass is 16.3. The summed E-state index contributed by atoms with van der Waals surface area (Å²) < 4.78 is 0. The van der Waals surface area contributed by atoms with Crippen LogP contribution >= 0.6 is 0 Å². The number of rotatable bonds is 2. The van der Waals surface area contributed by atoms with Crippen molar-refractivity contribution in [2.45, 2.75) is 103 Å². The zero-order chi connectivity index (χ0) is 24.6. The fourth-order valence-corrected chi connectivity index (χ4v) is 7.91. The molecule has 0 aliphatic heterocycles. The SMILES string of the molecule is CC(C)(C)C#C[C@]1(O)CC[C@H]2[C@@H]3CCC4=CC(=O)CCC4=C3[C@@H](c3cccc(C4CC4)c3)C[C@@]21C. The molecule has 3 fully saturated rings. The molecule has 5 aliphatic rings. The average molecular weight is 469 g/mol. The highest BCUT2D eigenvalue weighted by molar-refractivity contribution is 5.93. The molecule has 1 aromatic rings. The van der Waals surface area contributed by atoms with Crippen molar-refractivity contribution in [2.75, 3.05) is 0 Å². The van der Waals surface area contributed by atoms with Crippen molar-refractivity contribution in [3.05, 3.63) is 58.2 Å². The lowest BCUT2D eigenvalue weighted by Gasteiger charge is -2.53. The maximum atomic E-state index is 12.3. The lowest BCUT2D eigenvalue weighted by Crippen LogP contribution is -2.51. The van der Waals surface area contributed by atoms with Gasteiger partial charge >= 0.3 is 0 Å². The highest BCUT2D eigenvalue weighted by Gasteiger charge is 2.62. The van der Waals surface area contributed by atoms with E-state index in [1.807, 2.05) is 6.08 Å². The summed E-state index contributed by atoms with van der Waals surface area (Å²) in [5.74, 6) is 9.11. The van der Waals surface area contributed by atoms with Gasteiger partial charge in [0.1, 0.15) is 5.60 Å². The Morgan fingerprint density at radius 2 is 1.80 bits per heavy atom. The fourth-order valence-electron chi connectivity index (χ4n) is 7.91. The average Bonchev–Trinajstić information content (AvgIpc) is 3.63. The van der Waals surface area contributed by atoms with Crippen LogP contribution < -0.4 is 0 Å². The van der Waals surface area contributed by atoms with Crippen molar-refractivity contribution >= 4 is 5.78 Å². The van der Waals surface area contributed by atoms with Crippen LogP contribution in [0.2, 0.25) is 0 Å². The molecular weight excluding hydrogens is 428 g/mol. The van der Waals surface area contributed by atoms with E-state index in [0.717, 1.165) is 44.4 Å². The summed E-state index contributed by atoms with van der Waals surface area (Å²) in [7, 11) is 0. The van der Waals surface area contributed by atoms with Gasteiger partial charge in [0.05, 0.1) is 0 Å². The molecule has 5 aliphatic carbocycles. The Morgan fingerprint density at radius 1 is 1.03 bits per heavy atom. The number of ketones is 1. The van der Waals surface area contributed by atoms with Crippen molar-refractivity contribution in [3.63, 3.8) is 0 Å². The van der Waals surface area contributed by atoms with Gasteiger partial charge in [-0.05, 0) is 118 Å². The molecule has 0 amide bonds. The molecule has 0 spiro atoms. The Bertz CT molecular complexity index is 1190. The van der Waals surface area contributed by atoms with Crippen LogP contribution in [0.4, 0.5) is 0 Å². The summed E-state index contributed by atoms with van der Waals surface area (Å²) in [6.45, 7) is 8.74. The number of aliphatic hydroxyl groups is 1. The quantitative estimate of drug-likeness (QED) is 0.464. The van der Waals surface area contributed by atoms with E-state index >= 15 is 0 Å². The first kappa shape index (κ1) is 23.3. The summed E-state index contributed by atoms with van der Waals surface area (Å²) in [6.07, 6.45) is 11.0. The predicted octanol–water partition coefficient (Wildman–Crippen LogP) is 7.24. The van der Waals surface area contributed by atoms with Gasteiger partial charge in [-0.15, -0.1) is 0 Å². The molecule has 3 saturated carbocycles. The summed E-state index contributed by atoms with van der Waals surface area (Å²) >= 11 is 0. The number of allylic oxidation sites excluding steroid dienone is 4. The Kier molecular flexibility index (Phi) is 5.29.